The number of benzene rings is 1. The fraction of sp³-hybridized carbons (Fsp3) is 0.467. The fourth-order valence-corrected chi connectivity index (χ4v) is 5.21. The lowest BCUT2D eigenvalue weighted by atomic mass is 10.1. The van der Waals surface area contributed by atoms with Crippen molar-refractivity contribution < 1.29 is 4.43 Å². The van der Waals surface area contributed by atoms with Gasteiger partial charge in [-0.2, -0.15) is 0 Å². The number of allylic oxidation sites excluding steroid dienone is 1. The molecule has 1 aromatic carbocycles. The van der Waals surface area contributed by atoms with Crippen LogP contribution in [0.3, 0.4) is 0 Å². The standard InChI is InChI=1S/C15H23NOSi/c1-15(2,3)16-18(4,5)17-14-10-12-8-6-7-9-13(12)11-14/h6-10,16H,11H2,1-5H3. The molecule has 0 fully saturated rings. The molecule has 0 saturated carbocycles. The Hall–Kier alpha value is -1.06. The predicted molar refractivity (Wildman–Crippen MR) is 79.6 cm³/mol. The lowest BCUT2D eigenvalue weighted by molar-refractivity contribution is 0.369. The lowest BCUT2D eigenvalue weighted by Gasteiger charge is -2.33. The minimum atomic E-state index is -1.86. The second-order valence-corrected chi connectivity index (χ2v) is 9.95. The maximum atomic E-state index is 6.25. The van der Waals surface area contributed by atoms with Crippen LogP contribution in [0.4, 0.5) is 0 Å². The molecule has 1 aromatic rings. The zero-order valence-electron chi connectivity index (χ0n) is 12.0. The Morgan fingerprint density at radius 3 is 2.44 bits per heavy atom. The van der Waals surface area contributed by atoms with Gasteiger partial charge >= 0.3 is 8.48 Å². The second kappa shape index (κ2) is 4.56. The summed E-state index contributed by atoms with van der Waals surface area (Å²) in [6, 6.07) is 8.49. The van der Waals surface area contributed by atoms with Gasteiger partial charge in [0.05, 0.1) is 5.76 Å². The van der Waals surface area contributed by atoms with Crippen molar-refractivity contribution in [3.63, 3.8) is 0 Å². The zero-order valence-corrected chi connectivity index (χ0v) is 13.0. The third-order valence-corrected chi connectivity index (χ3v) is 4.92. The first kappa shape index (κ1) is 13.4. The number of rotatable bonds is 3. The van der Waals surface area contributed by atoms with E-state index < -0.39 is 8.48 Å². The van der Waals surface area contributed by atoms with E-state index >= 15 is 0 Å². The van der Waals surface area contributed by atoms with Gasteiger partial charge in [0.2, 0.25) is 0 Å². The van der Waals surface area contributed by atoms with Crippen molar-refractivity contribution in [3.05, 3.63) is 41.2 Å². The van der Waals surface area contributed by atoms with E-state index in [1.54, 1.807) is 0 Å². The van der Waals surface area contributed by atoms with Crippen molar-refractivity contribution in [3.8, 4) is 0 Å². The van der Waals surface area contributed by atoms with Crippen LogP contribution in [-0.2, 0) is 10.8 Å². The summed E-state index contributed by atoms with van der Waals surface area (Å²) < 4.78 is 6.25. The van der Waals surface area contributed by atoms with E-state index in [0.29, 0.717) is 0 Å². The Kier molecular flexibility index (Phi) is 3.38. The van der Waals surface area contributed by atoms with Crippen molar-refractivity contribution in [2.45, 2.75) is 45.8 Å². The minimum Gasteiger partial charge on any atom is -0.533 e. The van der Waals surface area contributed by atoms with Crippen molar-refractivity contribution in [2.75, 3.05) is 0 Å². The van der Waals surface area contributed by atoms with Gasteiger partial charge in [0.25, 0.3) is 0 Å². The van der Waals surface area contributed by atoms with Crippen LogP contribution in [0, 0.1) is 0 Å². The van der Waals surface area contributed by atoms with Crippen LogP contribution in [0.15, 0.2) is 30.0 Å². The summed E-state index contributed by atoms with van der Waals surface area (Å²) in [5, 5.41) is 0. The number of fused-ring (bicyclic) bond motifs is 1. The number of hydrogen-bond acceptors (Lipinski definition) is 2. The van der Waals surface area contributed by atoms with Gasteiger partial charge in [-0.25, -0.2) is 0 Å². The Balaban J connectivity index is 2.05. The molecule has 0 atom stereocenters. The minimum absolute atomic E-state index is 0.0989. The average Bonchev–Trinajstić information content (AvgIpc) is 2.53. The van der Waals surface area contributed by atoms with Gasteiger partial charge in [0.1, 0.15) is 0 Å². The highest BCUT2D eigenvalue weighted by molar-refractivity contribution is 6.69. The van der Waals surface area contributed by atoms with Crippen molar-refractivity contribution in [1.82, 2.24) is 4.98 Å². The van der Waals surface area contributed by atoms with E-state index in [2.05, 4.69) is 69.2 Å². The summed E-state index contributed by atoms with van der Waals surface area (Å²) in [5.41, 5.74) is 2.77. The molecular weight excluding hydrogens is 238 g/mol. The fourth-order valence-electron chi connectivity index (χ4n) is 2.57. The molecule has 2 nitrogen and oxygen atoms in total. The van der Waals surface area contributed by atoms with Gasteiger partial charge in [-0.05, 0) is 51.1 Å². The predicted octanol–water partition coefficient (Wildman–Crippen LogP) is 3.69. The quantitative estimate of drug-likeness (QED) is 0.838. The lowest BCUT2D eigenvalue weighted by Crippen LogP contribution is -2.56. The van der Waals surface area contributed by atoms with E-state index in [1.807, 2.05) is 0 Å². The molecule has 1 aliphatic rings. The molecule has 1 N–H and O–H groups in total. The highest BCUT2D eigenvalue weighted by Gasteiger charge is 2.31. The zero-order chi connectivity index (χ0) is 13.4. The highest BCUT2D eigenvalue weighted by Crippen LogP contribution is 2.27. The molecule has 0 amide bonds. The number of nitrogens with one attached hydrogen (secondary N) is 1. The second-order valence-electron chi connectivity index (χ2n) is 6.47. The summed E-state index contributed by atoms with van der Waals surface area (Å²) >= 11 is 0. The molecule has 18 heavy (non-hydrogen) atoms. The van der Waals surface area contributed by atoms with Gasteiger partial charge in [-0.3, -0.25) is 0 Å². The van der Waals surface area contributed by atoms with Crippen molar-refractivity contribution in [2.24, 2.45) is 0 Å². The third kappa shape index (κ3) is 3.46. The normalized spacial score (nSPS) is 15.3. The molecule has 0 unspecified atom stereocenters. The first-order valence-electron chi connectivity index (χ1n) is 6.52. The van der Waals surface area contributed by atoms with E-state index in [1.165, 1.54) is 11.1 Å². The maximum Gasteiger partial charge on any atom is 0.322 e. The monoisotopic (exact) mass is 261 g/mol. The Bertz CT molecular complexity index is 472. The summed E-state index contributed by atoms with van der Waals surface area (Å²) in [6.45, 7) is 11.0. The summed E-state index contributed by atoms with van der Waals surface area (Å²) in [5.74, 6) is 1.10. The molecule has 0 spiro atoms. The van der Waals surface area contributed by atoms with E-state index in [0.717, 1.165) is 12.2 Å². The maximum absolute atomic E-state index is 6.25. The smallest absolute Gasteiger partial charge is 0.322 e. The SMILES string of the molecule is CC(C)(C)N[Si](C)(C)OC1=Cc2ccccc2C1. The van der Waals surface area contributed by atoms with Gasteiger partial charge in [-0.1, -0.05) is 24.3 Å². The topological polar surface area (TPSA) is 21.3 Å². The van der Waals surface area contributed by atoms with Crippen LogP contribution >= 0.6 is 0 Å². The van der Waals surface area contributed by atoms with E-state index in [9.17, 15) is 0 Å². The Labute approximate surface area is 111 Å². The molecule has 0 heterocycles. The molecule has 1 aliphatic carbocycles. The van der Waals surface area contributed by atoms with Crippen LogP contribution in [0.5, 0.6) is 0 Å². The molecule has 98 valence electrons. The largest absolute Gasteiger partial charge is 0.533 e. The Morgan fingerprint density at radius 2 is 1.83 bits per heavy atom. The first-order valence-corrected chi connectivity index (χ1v) is 9.43. The number of hydrogen-bond donors (Lipinski definition) is 1. The van der Waals surface area contributed by atoms with Crippen LogP contribution in [0.2, 0.25) is 13.1 Å². The van der Waals surface area contributed by atoms with Crippen molar-refractivity contribution >= 4 is 14.6 Å². The molecule has 0 radical (unpaired) electrons. The molecule has 0 aliphatic heterocycles. The molecular formula is C15H23NOSi. The highest BCUT2D eigenvalue weighted by atomic mass is 28.4. The average molecular weight is 261 g/mol. The van der Waals surface area contributed by atoms with Crippen LogP contribution in [0.1, 0.15) is 31.9 Å². The van der Waals surface area contributed by atoms with Gasteiger partial charge in [-0.15, -0.1) is 0 Å². The van der Waals surface area contributed by atoms with E-state index in [-0.39, 0.29) is 5.54 Å². The summed E-state index contributed by atoms with van der Waals surface area (Å²) in [4.78, 5) is 3.62. The first-order chi connectivity index (χ1) is 8.25. The van der Waals surface area contributed by atoms with Gasteiger partial charge in [0, 0.05) is 12.0 Å². The third-order valence-electron chi connectivity index (χ3n) is 2.80. The summed E-state index contributed by atoms with van der Waals surface area (Å²) in [6.07, 6.45) is 3.10. The van der Waals surface area contributed by atoms with Crippen LogP contribution < -0.4 is 4.98 Å². The van der Waals surface area contributed by atoms with Crippen LogP contribution in [0.25, 0.3) is 6.08 Å². The molecule has 3 heteroatoms. The molecule has 2 rings (SSSR count). The van der Waals surface area contributed by atoms with Gasteiger partial charge < -0.3 is 9.41 Å². The molecule has 0 saturated heterocycles. The molecule has 0 bridgehead atoms. The van der Waals surface area contributed by atoms with E-state index in [4.69, 9.17) is 4.43 Å². The van der Waals surface area contributed by atoms with Crippen molar-refractivity contribution in [1.29, 1.82) is 0 Å². The van der Waals surface area contributed by atoms with Gasteiger partial charge in [0.15, 0.2) is 0 Å². The Morgan fingerprint density at radius 1 is 1.17 bits per heavy atom. The molecule has 0 aromatic heterocycles. The summed E-state index contributed by atoms with van der Waals surface area (Å²) in [7, 11) is -1.86. The van der Waals surface area contributed by atoms with Crippen LogP contribution in [-0.4, -0.2) is 14.0 Å².